The lowest BCUT2D eigenvalue weighted by molar-refractivity contribution is 0.996. The molecule has 4 heterocycles. The molecule has 0 amide bonds. The van der Waals surface area contributed by atoms with Gasteiger partial charge in [-0.3, -0.25) is 4.57 Å². The molecule has 0 bridgehead atoms. The van der Waals surface area contributed by atoms with Crippen LogP contribution < -0.4 is 0 Å². The summed E-state index contributed by atoms with van der Waals surface area (Å²) in [7, 11) is 0. The normalized spacial score (nSPS) is 11.9. The highest BCUT2D eigenvalue weighted by atomic mass is 15.2. The maximum Gasteiger partial charge on any atom is 0.235 e. The molecule has 0 saturated heterocycles. The highest BCUT2D eigenvalue weighted by Crippen LogP contribution is 2.42. The molecular formula is C42H26N4. The van der Waals surface area contributed by atoms with E-state index in [1.165, 1.54) is 48.9 Å². The standard InChI is InChI=1S/C42H26N4/c1-3-13-27(14-4-1)33-26-34(28-15-5-2-6-16-28)44-42(43-33)46-36-22-12-10-20-32(36)41-38(46)24-23-37-40(41)31-19-9-8-18-30(31)39-25-29-17-7-11-21-35(29)45(37)39/h1-26H. The van der Waals surface area contributed by atoms with E-state index in [9.17, 15) is 0 Å². The predicted octanol–water partition coefficient (Wildman–Crippen LogP) is 10.6. The van der Waals surface area contributed by atoms with E-state index in [0.29, 0.717) is 5.95 Å². The predicted molar refractivity (Wildman–Crippen MR) is 191 cm³/mol. The van der Waals surface area contributed by atoms with E-state index >= 15 is 0 Å². The Balaban J connectivity index is 1.38. The quantitative estimate of drug-likeness (QED) is 0.193. The number of para-hydroxylation sites is 2. The van der Waals surface area contributed by atoms with Crippen LogP contribution in [-0.2, 0) is 0 Å². The number of aromatic nitrogens is 4. The van der Waals surface area contributed by atoms with Gasteiger partial charge in [-0.05, 0) is 41.8 Å². The smallest absolute Gasteiger partial charge is 0.235 e. The summed E-state index contributed by atoms with van der Waals surface area (Å²) in [6.45, 7) is 0. The Hall–Kier alpha value is -6.26. The van der Waals surface area contributed by atoms with Gasteiger partial charge in [0.15, 0.2) is 0 Å². The average molecular weight is 587 g/mol. The zero-order chi connectivity index (χ0) is 30.2. The van der Waals surface area contributed by atoms with Crippen molar-refractivity contribution in [1.82, 2.24) is 18.9 Å². The van der Waals surface area contributed by atoms with E-state index < -0.39 is 0 Å². The SMILES string of the molecule is c1ccc(-c2cc(-c3ccccc3)nc(-n3c4ccccc4c4c5c6ccccc6c6cc7ccccc7n6c5ccc43)n2)cc1. The summed E-state index contributed by atoms with van der Waals surface area (Å²) in [4.78, 5) is 10.5. The fourth-order valence-electron chi connectivity index (χ4n) is 7.31. The molecule has 6 aromatic carbocycles. The molecule has 4 heteroatoms. The maximum atomic E-state index is 5.24. The van der Waals surface area contributed by atoms with E-state index in [1.807, 2.05) is 12.1 Å². The molecule has 4 nitrogen and oxygen atoms in total. The monoisotopic (exact) mass is 586 g/mol. The summed E-state index contributed by atoms with van der Waals surface area (Å²) in [5.74, 6) is 0.655. The second-order valence-electron chi connectivity index (χ2n) is 11.8. The van der Waals surface area contributed by atoms with Crippen LogP contribution in [0.15, 0.2) is 158 Å². The number of benzene rings is 6. The second-order valence-corrected chi connectivity index (χ2v) is 11.8. The molecule has 0 N–H and O–H groups in total. The Morgan fingerprint density at radius 2 is 0.913 bits per heavy atom. The molecule has 0 saturated carbocycles. The van der Waals surface area contributed by atoms with Crippen molar-refractivity contribution in [2.24, 2.45) is 0 Å². The van der Waals surface area contributed by atoms with Gasteiger partial charge in [-0.1, -0.05) is 121 Å². The lowest BCUT2D eigenvalue weighted by Gasteiger charge is -2.13. The second kappa shape index (κ2) is 9.62. The van der Waals surface area contributed by atoms with Gasteiger partial charge in [0, 0.05) is 38.1 Å². The Kier molecular flexibility index (Phi) is 5.25. The van der Waals surface area contributed by atoms with Crippen molar-refractivity contribution in [1.29, 1.82) is 0 Å². The molecule has 0 fully saturated rings. The molecule has 46 heavy (non-hydrogen) atoms. The molecule has 0 aliphatic carbocycles. The average Bonchev–Trinajstić information content (AvgIpc) is 3.69. The van der Waals surface area contributed by atoms with Gasteiger partial charge in [0.05, 0.1) is 39.0 Å². The molecule has 10 rings (SSSR count). The third-order valence-corrected chi connectivity index (χ3v) is 9.29. The molecule has 0 aliphatic rings. The Morgan fingerprint density at radius 3 is 1.63 bits per heavy atom. The largest absolute Gasteiger partial charge is 0.309 e. The molecule has 0 atom stereocenters. The minimum atomic E-state index is 0.655. The Bertz CT molecular complexity index is 2730. The van der Waals surface area contributed by atoms with Crippen LogP contribution in [0.1, 0.15) is 0 Å². The number of hydrogen-bond acceptors (Lipinski definition) is 2. The van der Waals surface area contributed by atoms with Crippen LogP contribution in [0.25, 0.3) is 88.4 Å². The van der Waals surface area contributed by atoms with Crippen molar-refractivity contribution in [3.8, 4) is 28.5 Å². The first kappa shape index (κ1) is 25.1. The van der Waals surface area contributed by atoms with Gasteiger partial charge in [0.25, 0.3) is 0 Å². The Labute approximate surface area is 264 Å². The van der Waals surface area contributed by atoms with Crippen LogP contribution >= 0.6 is 0 Å². The molecule has 0 unspecified atom stereocenters. The fraction of sp³-hybridized carbons (Fsp3) is 0. The van der Waals surface area contributed by atoms with E-state index in [4.69, 9.17) is 9.97 Å². The van der Waals surface area contributed by atoms with Crippen LogP contribution in [0.4, 0.5) is 0 Å². The zero-order valence-corrected chi connectivity index (χ0v) is 24.8. The van der Waals surface area contributed by atoms with E-state index in [2.05, 4.69) is 155 Å². The maximum absolute atomic E-state index is 5.24. The van der Waals surface area contributed by atoms with E-state index in [1.54, 1.807) is 0 Å². The first-order chi connectivity index (χ1) is 22.8. The molecule has 4 aromatic heterocycles. The minimum absolute atomic E-state index is 0.655. The third kappa shape index (κ3) is 3.55. The number of hydrogen-bond donors (Lipinski definition) is 0. The van der Waals surface area contributed by atoms with Gasteiger partial charge in [-0.15, -0.1) is 0 Å². The highest BCUT2D eigenvalue weighted by molar-refractivity contribution is 6.30. The van der Waals surface area contributed by atoms with Crippen molar-refractivity contribution >= 4 is 59.9 Å². The van der Waals surface area contributed by atoms with Gasteiger partial charge in [0.1, 0.15) is 0 Å². The number of fused-ring (bicyclic) bond motifs is 12. The first-order valence-corrected chi connectivity index (χ1v) is 15.6. The van der Waals surface area contributed by atoms with Crippen LogP contribution in [0.3, 0.4) is 0 Å². The first-order valence-electron chi connectivity index (χ1n) is 15.6. The zero-order valence-electron chi connectivity index (χ0n) is 24.8. The van der Waals surface area contributed by atoms with Gasteiger partial charge >= 0.3 is 0 Å². The highest BCUT2D eigenvalue weighted by Gasteiger charge is 2.21. The summed E-state index contributed by atoms with van der Waals surface area (Å²) in [5, 5.41) is 7.34. The molecule has 214 valence electrons. The lowest BCUT2D eigenvalue weighted by Crippen LogP contribution is -2.04. The van der Waals surface area contributed by atoms with Crippen molar-refractivity contribution < 1.29 is 0 Å². The van der Waals surface area contributed by atoms with Crippen molar-refractivity contribution in [3.05, 3.63) is 158 Å². The molecule has 0 aliphatic heterocycles. The van der Waals surface area contributed by atoms with Crippen molar-refractivity contribution in [3.63, 3.8) is 0 Å². The topological polar surface area (TPSA) is 35.1 Å². The molecule has 0 spiro atoms. The molecule has 0 radical (unpaired) electrons. The summed E-state index contributed by atoms with van der Waals surface area (Å²) >= 11 is 0. The Morgan fingerprint density at radius 1 is 0.370 bits per heavy atom. The third-order valence-electron chi connectivity index (χ3n) is 9.29. The number of nitrogens with zero attached hydrogens (tertiary/aromatic N) is 4. The van der Waals surface area contributed by atoms with Crippen LogP contribution in [0.2, 0.25) is 0 Å². The van der Waals surface area contributed by atoms with Gasteiger partial charge in [-0.2, -0.15) is 0 Å². The summed E-state index contributed by atoms with van der Waals surface area (Å²) in [6.07, 6.45) is 0. The van der Waals surface area contributed by atoms with Gasteiger partial charge in [0.2, 0.25) is 5.95 Å². The summed E-state index contributed by atoms with van der Waals surface area (Å²) in [6, 6.07) is 55.8. The fourth-order valence-corrected chi connectivity index (χ4v) is 7.31. The number of rotatable bonds is 3. The van der Waals surface area contributed by atoms with E-state index in [-0.39, 0.29) is 0 Å². The van der Waals surface area contributed by atoms with E-state index in [0.717, 1.165) is 33.5 Å². The number of pyridine rings is 1. The summed E-state index contributed by atoms with van der Waals surface area (Å²) in [5.41, 5.74) is 9.68. The summed E-state index contributed by atoms with van der Waals surface area (Å²) < 4.78 is 4.67. The van der Waals surface area contributed by atoms with Crippen LogP contribution in [-0.4, -0.2) is 18.9 Å². The minimum Gasteiger partial charge on any atom is -0.309 e. The van der Waals surface area contributed by atoms with Gasteiger partial charge < -0.3 is 4.40 Å². The molecule has 10 aromatic rings. The van der Waals surface area contributed by atoms with Crippen molar-refractivity contribution in [2.45, 2.75) is 0 Å². The van der Waals surface area contributed by atoms with Crippen molar-refractivity contribution in [2.75, 3.05) is 0 Å². The van der Waals surface area contributed by atoms with Crippen LogP contribution in [0.5, 0.6) is 0 Å². The van der Waals surface area contributed by atoms with Crippen LogP contribution in [0, 0.1) is 0 Å². The van der Waals surface area contributed by atoms with Gasteiger partial charge in [-0.25, -0.2) is 9.97 Å². The molecular weight excluding hydrogens is 560 g/mol. The lowest BCUT2D eigenvalue weighted by atomic mass is 10.00.